The average Bonchev–Trinajstić information content (AvgIpc) is 3.12. The molecule has 1 aromatic heterocycles. The Morgan fingerprint density at radius 1 is 1.07 bits per heavy atom. The van der Waals surface area contributed by atoms with E-state index in [2.05, 4.69) is 16.0 Å². The Bertz CT molecular complexity index is 1110. The van der Waals surface area contributed by atoms with E-state index in [1.807, 2.05) is 57.2 Å². The number of hydrogen-bond donors (Lipinski definition) is 1. The van der Waals surface area contributed by atoms with Crippen LogP contribution in [-0.2, 0) is 10.3 Å². The zero-order valence-electron chi connectivity index (χ0n) is 17.2. The van der Waals surface area contributed by atoms with Gasteiger partial charge in [0, 0.05) is 11.8 Å². The van der Waals surface area contributed by atoms with Crippen molar-refractivity contribution >= 4 is 6.02 Å². The van der Waals surface area contributed by atoms with Crippen molar-refractivity contribution in [3.63, 3.8) is 0 Å². The summed E-state index contributed by atoms with van der Waals surface area (Å²) in [5.41, 5.74) is 9.54. The predicted octanol–water partition coefficient (Wildman–Crippen LogP) is 4.57. The molecule has 2 aromatic carbocycles. The second-order valence-corrected chi connectivity index (χ2v) is 7.72. The minimum atomic E-state index is -0.790. The second-order valence-electron chi connectivity index (χ2n) is 7.72. The van der Waals surface area contributed by atoms with Crippen LogP contribution < -0.4 is 10.5 Å². The number of aromatic nitrogens is 1. The van der Waals surface area contributed by atoms with Crippen LogP contribution in [0.3, 0.4) is 0 Å². The molecule has 5 nitrogen and oxygen atoms in total. The highest BCUT2D eigenvalue weighted by molar-refractivity contribution is 5.76. The number of rotatable bonds is 5. The third-order valence-corrected chi connectivity index (χ3v) is 5.12. The van der Waals surface area contributed by atoms with Gasteiger partial charge in [-0.2, -0.15) is 0 Å². The van der Waals surface area contributed by atoms with E-state index in [-0.39, 0.29) is 24.5 Å². The van der Waals surface area contributed by atoms with E-state index in [0.717, 1.165) is 28.0 Å². The zero-order valence-corrected chi connectivity index (χ0v) is 17.2. The first-order valence-corrected chi connectivity index (χ1v) is 9.85. The summed E-state index contributed by atoms with van der Waals surface area (Å²) in [7, 11) is 0. The highest BCUT2D eigenvalue weighted by atomic mass is 19.1. The Kier molecular flexibility index (Phi) is 5.16. The fourth-order valence-corrected chi connectivity index (χ4v) is 3.71. The summed E-state index contributed by atoms with van der Waals surface area (Å²) >= 11 is 0. The Labute approximate surface area is 175 Å². The molecule has 1 aliphatic heterocycles. The quantitative estimate of drug-likeness (QED) is 0.675. The van der Waals surface area contributed by atoms with E-state index in [4.69, 9.17) is 15.2 Å². The summed E-state index contributed by atoms with van der Waals surface area (Å²) in [5, 5.41) is 0. The molecule has 6 heteroatoms. The molecule has 0 aliphatic carbocycles. The molecule has 0 amide bonds. The Morgan fingerprint density at radius 3 is 2.53 bits per heavy atom. The summed E-state index contributed by atoms with van der Waals surface area (Å²) < 4.78 is 25.2. The highest BCUT2D eigenvalue weighted by Crippen LogP contribution is 2.40. The first kappa shape index (κ1) is 19.9. The van der Waals surface area contributed by atoms with Gasteiger partial charge in [0.25, 0.3) is 6.02 Å². The van der Waals surface area contributed by atoms with Crippen LogP contribution in [0, 0.1) is 12.7 Å². The van der Waals surface area contributed by atoms with Crippen molar-refractivity contribution in [1.29, 1.82) is 0 Å². The number of ether oxygens (including phenoxy) is 2. The largest absolute Gasteiger partial charge is 0.491 e. The molecular weight excluding hydrogens is 381 g/mol. The lowest BCUT2D eigenvalue weighted by atomic mass is 9.82. The van der Waals surface area contributed by atoms with E-state index in [1.54, 1.807) is 6.20 Å². The second kappa shape index (κ2) is 7.78. The number of amidine groups is 1. The minimum Gasteiger partial charge on any atom is -0.491 e. The van der Waals surface area contributed by atoms with Crippen molar-refractivity contribution in [1.82, 2.24) is 4.98 Å². The maximum absolute atomic E-state index is 13.7. The topological polar surface area (TPSA) is 69.7 Å². The molecule has 1 atom stereocenters. The minimum absolute atomic E-state index is 0.0866. The normalized spacial score (nSPS) is 18.2. The van der Waals surface area contributed by atoms with Crippen molar-refractivity contribution < 1.29 is 13.9 Å². The molecule has 0 saturated heterocycles. The average molecular weight is 405 g/mol. The highest BCUT2D eigenvalue weighted by Gasteiger charge is 2.40. The number of hydrogen-bond acceptors (Lipinski definition) is 5. The molecule has 0 fully saturated rings. The van der Waals surface area contributed by atoms with Gasteiger partial charge >= 0.3 is 0 Å². The Balaban J connectivity index is 1.81. The van der Waals surface area contributed by atoms with E-state index in [0.29, 0.717) is 5.56 Å². The summed E-state index contributed by atoms with van der Waals surface area (Å²) in [6.45, 7) is 6.29. The van der Waals surface area contributed by atoms with Gasteiger partial charge < -0.3 is 15.2 Å². The third-order valence-electron chi connectivity index (χ3n) is 5.12. The number of halogens is 1. The standard InChI is InChI=1S/C24H24FN3O2/c1-15(2)30-22-8-7-20(9-16(22)3)24(14-29-23(26)28-24)19-6-4-5-17(10-19)18-11-21(25)13-27-12-18/h4-13,15H,14H2,1-3H3,(H2,26,28). The van der Waals surface area contributed by atoms with E-state index in [1.165, 1.54) is 12.3 Å². The predicted molar refractivity (Wildman–Crippen MR) is 115 cm³/mol. The number of aryl methyl sites for hydroxylation is 1. The van der Waals surface area contributed by atoms with Crippen molar-refractivity contribution in [3.05, 3.63) is 83.4 Å². The fraction of sp³-hybridized carbons (Fsp3) is 0.250. The van der Waals surface area contributed by atoms with Crippen LogP contribution in [-0.4, -0.2) is 23.7 Å². The maximum Gasteiger partial charge on any atom is 0.283 e. The van der Waals surface area contributed by atoms with Gasteiger partial charge in [0.15, 0.2) is 5.54 Å². The van der Waals surface area contributed by atoms with E-state index >= 15 is 0 Å². The molecule has 0 bridgehead atoms. The molecule has 0 saturated carbocycles. The fourth-order valence-electron chi connectivity index (χ4n) is 3.71. The molecular formula is C24H24FN3O2. The molecule has 0 radical (unpaired) electrons. The van der Waals surface area contributed by atoms with Gasteiger partial charge in [-0.3, -0.25) is 4.98 Å². The van der Waals surface area contributed by atoms with Gasteiger partial charge in [0.1, 0.15) is 18.2 Å². The van der Waals surface area contributed by atoms with Crippen LogP contribution in [0.2, 0.25) is 0 Å². The van der Waals surface area contributed by atoms with E-state index < -0.39 is 5.54 Å². The van der Waals surface area contributed by atoms with Crippen LogP contribution in [0.1, 0.15) is 30.5 Å². The van der Waals surface area contributed by atoms with Crippen LogP contribution in [0.25, 0.3) is 11.1 Å². The monoisotopic (exact) mass is 405 g/mol. The smallest absolute Gasteiger partial charge is 0.283 e. The molecule has 0 spiro atoms. The van der Waals surface area contributed by atoms with Crippen LogP contribution in [0.5, 0.6) is 5.75 Å². The van der Waals surface area contributed by atoms with E-state index in [9.17, 15) is 4.39 Å². The Morgan fingerprint density at radius 2 is 1.87 bits per heavy atom. The first-order valence-electron chi connectivity index (χ1n) is 9.85. The molecule has 154 valence electrons. The summed E-state index contributed by atoms with van der Waals surface area (Å²) in [4.78, 5) is 8.65. The van der Waals surface area contributed by atoms with Crippen molar-refractivity contribution in [2.24, 2.45) is 10.7 Å². The van der Waals surface area contributed by atoms with Crippen molar-refractivity contribution in [3.8, 4) is 16.9 Å². The van der Waals surface area contributed by atoms with Gasteiger partial charge in [0.05, 0.1) is 12.3 Å². The van der Waals surface area contributed by atoms with Gasteiger partial charge in [-0.25, -0.2) is 9.38 Å². The number of pyridine rings is 1. The number of aliphatic imine (C=N–C) groups is 1. The molecule has 2 heterocycles. The molecule has 30 heavy (non-hydrogen) atoms. The third kappa shape index (κ3) is 3.73. The molecule has 2 N–H and O–H groups in total. The van der Waals surface area contributed by atoms with Crippen molar-refractivity contribution in [2.75, 3.05) is 6.61 Å². The Hall–Kier alpha value is -3.41. The van der Waals surface area contributed by atoms with Crippen LogP contribution in [0.4, 0.5) is 4.39 Å². The molecule has 1 unspecified atom stereocenters. The number of nitrogens with two attached hydrogens (primary N) is 1. The lowest BCUT2D eigenvalue weighted by Crippen LogP contribution is -2.27. The summed E-state index contributed by atoms with van der Waals surface area (Å²) in [6.07, 6.45) is 2.91. The van der Waals surface area contributed by atoms with Gasteiger partial charge in [-0.1, -0.05) is 24.3 Å². The van der Waals surface area contributed by atoms with Gasteiger partial charge in [0.2, 0.25) is 0 Å². The lowest BCUT2D eigenvalue weighted by molar-refractivity contribution is 0.240. The summed E-state index contributed by atoms with van der Waals surface area (Å²) in [5.74, 6) is 0.454. The maximum atomic E-state index is 13.7. The summed E-state index contributed by atoms with van der Waals surface area (Å²) in [6, 6.07) is 15.4. The van der Waals surface area contributed by atoms with Crippen LogP contribution >= 0.6 is 0 Å². The first-order chi connectivity index (χ1) is 14.4. The zero-order chi connectivity index (χ0) is 21.3. The number of nitrogens with zero attached hydrogens (tertiary/aromatic N) is 2. The van der Waals surface area contributed by atoms with Gasteiger partial charge in [-0.05, 0) is 67.3 Å². The lowest BCUT2D eigenvalue weighted by Gasteiger charge is -2.27. The van der Waals surface area contributed by atoms with Crippen LogP contribution in [0.15, 0.2) is 65.9 Å². The molecule has 4 rings (SSSR count). The number of benzene rings is 2. The van der Waals surface area contributed by atoms with Crippen molar-refractivity contribution in [2.45, 2.75) is 32.4 Å². The SMILES string of the molecule is Cc1cc(C2(c3cccc(-c4cncc(F)c4)c3)COC(N)=N2)ccc1OC(C)C. The van der Waals surface area contributed by atoms with Gasteiger partial charge in [-0.15, -0.1) is 0 Å². The molecule has 1 aliphatic rings. The molecule has 3 aromatic rings.